The van der Waals surface area contributed by atoms with E-state index in [1.807, 2.05) is 19.9 Å². The van der Waals surface area contributed by atoms with Crippen LogP contribution in [-0.4, -0.2) is 28.7 Å². The number of nitrogens with one attached hydrogen (secondary N) is 1. The molecule has 1 aromatic heterocycles. The number of aromatic nitrogens is 1. The Kier molecular flexibility index (Phi) is 3.48. The van der Waals surface area contributed by atoms with E-state index < -0.39 is 0 Å². The standard InChI is InChI=1S/C14H22N2O2/c1-4-16-10(2)7-12(11(16)3)13(18)15-8-14(9-17)5-6-14/h7,17H,4-6,8-9H2,1-3H3,(H,15,18). The van der Waals surface area contributed by atoms with Crippen LogP contribution in [0.1, 0.15) is 41.5 Å². The molecular weight excluding hydrogens is 228 g/mol. The first-order valence-electron chi connectivity index (χ1n) is 6.59. The number of rotatable bonds is 5. The summed E-state index contributed by atoms with van der Waals surface area (Å²) in [5.74, 6) is -0.0254. The Morgan fingerprint density at radius 3 is 2.61 bits per heavy atom. The van der Waals surface area contributed by atoms with Crippen molar-refractivity contribution in [2.24, 2.45) is 5.41 Å². The van der Waals surface area contributed by atoms with Gasteiger partial charge in [0.05, 0.1) is 12.2 Å². The van der Waals surface area contributed by atoms with Crippen molar-refractivity contribution in [2.75, 3.05) is 13.2 Å². The second-order valence-electron chi connectivity index (χ2n) is 5.37. The Bertz CT molecular complexity index is 459. The minimum Gasteiger partial charge on any atom is -0.396 e. The smallest absolute Gasteiger partial charge is 0.253 e. The van der Waals surface area contributed by atoms with Gasteiger partial charge in [-0.1, -0.05) is 0 Å². The monoisotopic (exact) mass is 250 g/mol. The van der Waals surface area contributed by atoms with Crippen LogP contribution < -0.4 is 5.32 Å². The Morgan fingerprint density at radius 1 is 1.50 bits per heavy atom. The molecule has 0 aromatic carbocycles. The lowest BCUT2D eigenvalue weighted by atomic mass is 10.1. The number of aryl methyl sites for hydroxylation is 1. The molecule has 4 nitrogen and oxygen atoms in total. The number of nitrogens with zero attached hydrogens (tertiary/aromatic N) is 1. The summed E-state index contributed by atoms with van der Waals surface area (Å²) in [4.78, 5) is 12.1. The molecule has 1 fully saturated rings. The second-order valence-corrected chi connectivity index (χ2v) is 5.37. The molecule has 1 amide bonds. The molecule has 0 radical (unpaired) electrons. The van der Waals surface area contributed by atoms with Gasteiger partial charge in [0.15, 0.2) is 0 Å². The normalized spacial score (nSPS) is 16.7. The predicted molar refractivity (Wildman–Crippen MR) is 70.7 cm³/mol. The van der Waals surface area contributed by atoms with Crippen molar-refractivity contribution in [3.05, 3.63) is 23.0 Å². The van der Waals surface area contributed by atoms with Gasteiger partial charge in [0.25, 0.3) is 5.91 Å². The molecule has 2 rings (SSSR count). The Morgan fingerprint density at radius 2 is 2.17 bits per heavy atom. The molecule has 1 aliphatic rings. The lowest BCUT2D eigenvalue weighted by Gasteiger charge is -2.12. The Labute approximate surface area is 108 Å². The summed E-state index contributed by atoms with van der Waals surface area (Å²) in [6.07, 6.45) is 2.02. The Hall–Kier alpha value is -1.29. The molecule has 1 saturated carbocycles. The van der Waals surface area contributed by atoms with E-state index in [1.54, 1.807) is 0 Å². The van der Waals surface area contributed by atoms with Gasteiger partial charge < -0.3 is 15.0 Å². The maximum atomic E-state index is 12.1. The van der Waals surface area contributed by atoms with Crippen molar-refractivity contribution < 1.29 is 9.90 Å². The molecule has 0 spiro atoms. The Balaban J connectivity index is 2.05. The van der Waals surface area contributed by atoms with Crippen LogP contribution in [-0.2, 0) is 6.54 Å². The molecule has 18 heavy (non-hydrogen) atoms. The SMILES string of the molecule is CCn1c(C)cc(C(=O)NCC2(CO)CC2)c1C. The molecule has 0 bridgehead atoms. The molecule has 0 unspecified atom stereocenters. The average Bonchev–Trinajstić information content (AvgIpc) is 3.08. The van der Waals surface area contributed by atoms with Crippen LogP contribution in [0.3, 0.4) is 0 Å². The highest BCUT2D eigenvalue weighted by atomic mass is 16.3. The summed E-state index contributed by atoms with van der Waals surface area (Å²) in [7, 11) is 0. The molecule has 2 N–H and O–H groups in total. The minimum absolute atomic E-state index is 0.0254. The van der Waals surface area contributed by atoms with Crippen LogP contribution in [0.2, 0.25) is 0 Å². The van der Waals surface area contributed by atoms with Crippen LogP contribution in [0.25, 0.3) is 0 Å². The summed E-state index contributed by atoms with van der Waals surface area (Å²) < 4.78 is 2.13. The maximum Gasteiger partial charge on any atom is 0.253 e. The van der Waals surface area contributed by atoms with E-state index in [2.05, 4.69) is 16.8 Å². The van der Waals surface area contributed by atoms with E-state index in [4.69, 9.17) is 0 Å². The number of aliphatic hydroxyl groups is 1. The summed E-state index contributed by atoms with van der Waals surface area (Å²) in [5, 5.41) is 12.2. The highest BCUT2D eigenvalue weighted by Gasteiger charge is 2.42. The highest BCUT2D eigenvalue weighted by Crippen LogP contribution is 2.44. The lowest BCUT2D eigenvalue weighted by molar-refractivity contribution is 0.0934. The largest absolute Gasteiger partial charge is 0.396 e. The van der Waals surface area contributed by atoms with Gasteiger partial charge in [-0.2, -0.15) is 0 Å². The topological polar surface area (TPSA) is 54.3 Å². The van der Waals surface area contributed by atoms with Crippen LogP contribution in [0.5, 0.6) is 0 Å². The number of hydrogen-bond donors (Lipinski definition) is 2. The third kappa shape index (κ3) is 2.29. The first kappa shape index (κ1) is 13.1. The quantitative estimate of drug-likeness (QED) is 0.834. The molecule has 1 aliphatic carbocycles. The van der Waals surface area contributed by atoms with Gasteiger partial charge in [-0.05, 0) is 39.7 Å². The summed E-state index contributed by atoms with van der Waals surface area (Å²) in [5.41, 5.74) is 2.85. The van der Waals surface area contributed by atoms with E-state index in [9.17, 15) is 9.90 Å². The molecule has 0 atom stereocenters. The lowest BCUT2D eigenvalue weighted by Crippen LogP contribution is -2.32. The number of aliphatic hydroxyl groups excluding tert-OH is 1. The number of hydrogen-bond acceptors (Lipinski definition) is 2. The average molecular weight is 250 g/mol. The molecule has 0 aliphatic heterocycles. The van der Waals surface area contributed by atoms with E-state index in [1.165, 1.54) is 0 Å². The van der Waals surface area contributed by atoms with E-state index >= 15 is 0 Å². The first-order chi connectivity index (χ1) is 8.53. The van der Waals surface area contributed by atoms with Gasteiger partial charge >= 0.3 is 0 Å². The second kappa shape index (κ2) is 4.76. The molecule has 100 valence electrons. The fraction of sp³-hybridized carbons (Fsp3) is 0.643. The zero-order valence-electron chi connectivity index (χ0n) is 11.4. The third-order valence-electron chi connectivity index (χ3n) is 4.05. The molecular formula is C14H22N2O2. The van der Waals surface area contributed by atoms with Crippen molar-refractivity contribution in [3.8, 4) is 0 Å². The van der Waals surface area contributed by atoms with Crippen LogP contribution in [0, 0.1) is 19.3 Å². The molecule has 1 aromatic rings. The summed E-state index contributed by atoms with van der Waals surface area (Å²) in [6.45, 7) is 7.70. The van der Waals surface area contributed by atoms with Crippen molar-refractivity contribution in [1.82, 2.24) is 9.88 Å². The van der Waals surface area contributed by atoms with Gasteiger partial charge in [-0.15, -0.1) is 0 Å². The number of carbonyl (C=O) groups excluding carboxylic acids is 1. The van der Waals surface area contributed by atoms with E-state index in [0.29, 0.717) is 6.54 Å². The van der Waals surface area contributed by atoms with Gasteiger partial charge in [-0.3, -0.25) is 4.79 Å². The van der Waals surface area contributed by atoms with Crippen LogP contribution >= 0.6 is 0 Å². The van der Waals surface area contributed by atoms with Gasteiger partial charge in [0.1, 0.15) is 0 Å². The van der Waals surface area contributed by atoms with E-state index in [0.717, 1.165) is 36.3 Å². The van der Waals surface area contributed by atoms with Crippen LogP contribution in [0.4, 0.5) is 0 Å². The van der Waals surface area contributed by atoms with E-state index in [-0.39, 0.29) is 17.9 Å². The summed E-state index contributed by atoms with van der Waals surface area (Å²) in [6, 6.07) is 1.94. The maximum absolute atomic E-state index is 12.1. The van der Waals surface area contributed by atoms with Crippen molar-refractivity contribution in [1.29, 1.82) is 0 Å². The molecule has 1 heterocycles. The minimum atomic E-state index is -0.0358. The van der Waals surface area contributed by atoms with Gasteiger partial charge in [-0.25, -0.2) is 0 Å². The summed E-state index contributed by atoms with van der Waals surface area (Å²) >= 11 is 0. The van der Waals surface area contributed by atoms with Gasteiger partial charge in [0, 0.05) is 29.9 Å². The number of amides is 1. The highest BCUT2D eigenvalue weighted by molar-refractivity contribution is 5.95. The van der Waals surface area contributed by atoms with Crippen molar-refractivity contribution in [2.45, 2.75) is 40.2 Å². The van der Waals surface area contributed by atoms with Crippen molar-refractivity contribution in [3.63, 3.8) is 0 Å². The molecule has 0 saturated heterocycles. The fourth-order valence-corrected chi connectivity index (χ4v) is 2.45. The zero-order valence-corrected chi connectivity index (χ0v) is 11.4. The predicted octanol–water partition coefficient (Wildman–Crippen LogP) is 1.63. The fourth-order valence-electron chi connectivity index (χ4n) is 2.45. The van der Waals surface area contributed by atoms with Crippen LogP contribution in [0.15, 0.2) is 6.07 Å². The first-order valence-corrected chi connectivity index (χ1v) is 6.59. The van der Waals surface area contributed by atoms with Gasteiger partial charge in [0.2, 0.25) is 0 Å². The third-order valence-corrected chi connectivity index (χ3v) is 4.05. The number of carbonyl (C=O) groups is 1. The zero-order chi connectivity index (χ0) is 13.3. The molecule has 4 heteroatoms. The van der Waals surface area contributed by atoms with Crippen molar-refractivity contribution >= 4 is 5.91 Å².